The van der Waals surface area contributed by atoms with E-state index in [9.17, 15) is 22.0 Å². The molecular weight excluding hydrogens is 386 g/mol. The lowest BCUT2D eigenvalue weighted by molar-refractivity contribution is 0.0693. The van der Waals surface area contributed by atoms with Crippen molar-refractivity contribution in [3.8, 4) is 10.6 Å². The van der Waals surface area contributed by atoms with Gasteiger partial charge in [-0.2, -0.15) is 0 Å². The van der Waals surface area contributed by atoms with Gasteiger partial charge in [-0.05, 0) is 36.4 Å². The van der Waals surface area contributed by atoms with Gasteiger partial charge in [0.25, 0.3) is 10.0 Å². The molecular formula is C16H10F2N2O4S2. The first-order chi connectivity index (χ1) is 12.3. The largest absolute Gasteiger partial charge is 0.478 e. The van der Waals surface area contributed by atoms with Crippen molar-refractivity contribution in [3.05, 3.63) is 65.9 Å². The summed E-state index contributed by atoms with van der Waals surface area (Å²) in [5.41, 5.74) is -0.650. The summed E-state index contributed by atoms with van der Waals surface area (Å²) in [7, 11) is -4.18. The van der Waals surface area contributed by atoms with Crippen LogP contribution in [0.25, 0.3) is 10.6 Å². The van der Waals surface area contributed by atoms with E-state index >= 15 is 0 Å². The fourth-order valence-corrected chi connectivity index (χ4v) is 4.34. The van der Waals surface area contributed by atoms with Crippen LogP contribution in [0, 0.1) is 11.6 Å². The Labute approximate surface area is 150 Å². The van der Waals surface area contributed by atoms with Gasteiger partial charge >= 0.3 is 5.97 Å². The van der Waals surface area contributed by atoms with Crippen LogP contribution in [-0.4, -0.2) is 24.5 Å². The Balaban J connectivity index is 1.94. The van der Waals surface area contributed by atoms with Crippen LogP contribution in [-0.2, 0) is 10.0 Å². The molecule has 0 spiro atoms. The first-order valence-electron chi connectivity index (χ1n) is 7.04. The summed E-state index contributed by atoms with van der Waals surface area (Å²) in [6.45, 7) is 0. The van der Waals surface area contributed by atoms with Crippen LogP contribution < -0.4 is 4.72 Å². The lowest BCUT2D eigenvalue weighted by Crippen LogP contribution is -2.15. The maximum Gasteiger partial charge on any atom is 0.340 e. The topological polar surface area (TPSA) is 96.4 Å². The molecule has 0 aliphatic carbocycles. The van der Waals surface area contributed by atoms with E-state index < -0.39 is 38.9 Å². The molecule has 0 amide bonds. The fourth-order valence-electron chi connectivity index (χ4n) is 2.13. The number of aromatic nitrogens is 1. The highest BCUT2D eigenvalue weighted by Crippen LogP contribution is 2.30. The number of nitrogens with one attached hydrogen (secondary N) is 1. The number of carbonyl (C=O) groups is 1. The molecule has 2 aromatic carbocycles. The van der Waals surface area contributed by atoms with Crippen molar-refractivity contribution in [2.75, 3.05) is 4.72 Å². The summed E-state index contributed by atoms with van der Waals surface area (Å²) < 4.78 is 53.5. The Kier molecular flexibility index (Phi) is 4.70. The Bertz CT molecular complexity index is 1080. The monoisotopic (exact) mass is 396 g/mol. The third-order valence-corrected chi connectivity index (χ3v) is 6.19. The van der Waals surface area contributed by atoms with E-state index in [0.717, 1.165) is 29.7 Å². The van der Waals surface area contributed by atoms with Crippen molar-refractivity contribution in [1.29, 1.82) is 0 Å². The number of thiazole rings is 1. The second-order valence-corrected chi connectivity index (χ2v) is 8.00. The average Bonchev–Trinajstić information content (AvgIpc) is 3.06. The van der Waals surface area contributed by atoms with E-state index in [1.165, 1.54) is 30.3 Å². The average molecular weight is 396 g/mol. The van der Waals surface area contributed by atoms with Gasteiger partial charge in [-0.1, -0.05) is 6.07 Å². The number of hydrogen-bond acceptors (Lipinski definition) is 5. The van der Waals surface area contributed by atoms with Gasteiger partial charge in [-0.15, -0.1) is 11.3 Å². The number of nitrogens with zero attached hydrogens (tertiary/aromatic N) is 1. The SMILES string of the molecule is O=C(O)c1c(F)cccc1NS(=O)(=O)c1cnc(-c2ccc(F)cc2)s1. The highest BCUT2D eigenvalue weighted by atomic mass is 32.2. The first-order valence-corrected chi connectivity index (χ1v) is 9.34. The zero-order chi connectivity index (χ0) is 18.9. The van der Waals surface area contributed by atoms with Crippen molar-refractivity contribution in [1.82, 2.24) is 4.98 Å². The fraction of sp³-hybridized carbons (Fsp3) is 0. The number of halogens is 2. The Morgan fingerprint density at radius 1 is 1.12 bits per heavy atom. The summed E-state index contributed by atoms with van der Waals surface area (Å²) >= 11 is 0.811. The van der Waals surface area contributed by atoms with Crippen molar-refractivity contribution in [2.45, 2.75) is 4.21 Å². The minimum absolute atomic E-state index is 0.197. The molecule has 2 N–H and O–H groups in total. The van der Waals surface area contributed by atoms with Crippen molar-refractivity contribution < 1.29 is 27.1 Å². The third kappa shape index (κ3) is 3.55. The minimum atomic E-state index is -4.18. The molecule has 6 nitrogen and oxygen atoms in total. The van der Waals surface area contributed by atoms with Crippen molar-refractivity contribution >= 4 is 33.0 Å². The lowest BCUT2D eigenvalue weighted by Gasteiger charge is -2.09. The maximum atomic E-state index is 13.7. The molecule has 0 aliphatic rings. The number of sulfonamides is 1. The molecule has 0 saturated carbocycles. The molecule has 0 saturated heterocycles. The van der Waals surface area contributed by atoms with E-state index in [1.54, 1.807) is 0 Å². The summed E-state index contributed by atoms with van der Waals surface area (Å²) in [5, 5.41) is 9.41. The van der Waals surface area contributed by atoms with Crippen LogP contribution in [0.15, 0.2) is 52.9 Å². The molecule has 134 valence electrons. The third-order valence-electron chi connectivity index (χ3n) is 3.31. The number of anilines is 1. The van der Waals surface area contributed by atoms with E-state index in [-0.39, 0.29) is 4.21 Å². The van der Waals surface area contributed by atoms with E-state index in [4.69, 9.17) is 5.11 Å². The molecule has 0 bridgehead atoms. The second kappa shape index (κ2) is 6.81. The number of benzene rings is 2. The molecule has 26 heavy (non-hydrogen) atoms. The second-order valence-electron chi connectivity index (χ2n) is 5.06. The molecule has 0 unspecified atom stereocenters. The molecule has 1 heterocycles. The highest BCUT2D eigenvalue weighted by molar-refractivity contribution is 7.94. The zero-order valence-electron chi connectivity index (χ0n) is 12.8. The van der Waals surface area contributed by atoms with E-state index in [1.807, 2.05) is 0 Å². The number of aromatic carboxylic acids is 1. The van der Waals surface area contributed by atoms with Gasteiger partial charge in [-0.25, -0.2) is 27.0 Å². The van der Waals surface area contributed by atoms with Gasteiger partial charge in [-0.3, -0.25) is 4.72 Å². The first kappa shape index (κ1) is 18.0. The summed E-state index contributed by atoms with van der Waals surface area (Å²) in [5.74, 6) is -3.10. The molecule has 10 heteroatoms. The van der Waals surface area contributed by atoms with Crippen LogP contribution in [0.5, 0.6) is 0 Å². The van der Waals surface area contributed by atoms with Gasteiger partial charge in [0, 0.05) is 5.56 Å². The van der Waals surface area contributed by atoms with Gasteiger partial charge in [0.2, 0.25) is 0 Å². The number of hydrogen-bond donors (Lipinski definition) is 2. The molecule has 0 aliphatic heterocycles. The lowest BCUT2D eigenvalue weighted by atomic mass is 10.2. The molecule has 0 fully saturated rings. The van der Waals surface area contributed by atoms with Crippen molar-refractivity contribution in [2.24, 2.45) is 0 Å². The predicted octanol–water partition coefficient (Wildman–Crippen LogP) is 3.59. The Hall–Kier alpha value is -2.85. The molecule has 3 aromatic rings. The molecule has 0 radical (unpaired) electrons. The van der Waals surface area contributed by atoms with Gasteiger partial charge < -0.3 is 5.11 Å². The number of rotatable bonds is 5. The molecule has 3 rings (SSSR count). The maximum absolute atomic E-state index is 13.7. The quantitative estimate of drug-likeness (QED) is 0.687. The predicted molar refractivity (Wildman–Crippen MR) is 91.7 cm³/mol. The highest BCUT2D eigenvalue weighted by Gasteiger charge is 2.23. The van der Waals surface area contributed by atoms with Crippen LogP contribution in [0.3, 0.4) is 0 Å². The standard InChI is InChI=1S/C16H10F2N2O4S2/c17-10-6-4-9(5-7-10)15-19-8-13(25-15)26(23,24)20-12-3-1-2-11(18)14(12)16(21)22/h1-8,20H,(H,21,22). The number of carboxylic acids is 1. The molecule has 0 atom stereocenters. The number of carboxylic acid groups (broad SMARTS) is 1. The zero-order valence-corrected chi connectivity index (χ0v) is 14.4. The van der Waals surface area contributed by atoms with Crippen LogP contribution in [0.2, 0.25) is 0 Å². The smallest absolute Gasteiger partial charge is 0.340 e. The van der Waals surface area contributed by atoms with Gasteiger partial charge in [0.1, 0.15) is 22.2 Å². The van der Waals surface area contributed by atoms with Crippen LogP contribution in [0.4, 0.5) is 14.5 Å². The van der Waals surface area contributed by atoms with E-state index in [2.05, 4.69) is 9.71 Å². The van der Waals surface area contributed by atoms with E-state index in [0.29, 0.717) is 10.6 Å². The molecule has 1 aromatic heterocycles. The van der Waals surface area contributed by atoms with Gasteiger partial charge in [0.05, 0.1) is 11.9 Å². The normalized spacial score (nSPS) is 11.3. The summed E-state index contributed by atoms with van der Waals surface area (Å²) in [6, 6.07) is 8.59. The summed E-state index contributed by atoms with van der Waals surface area (Å²) in [6.07, 6.45) is 1.09. The minimum Gasteiger partial charge on any atom is -0.478 e. The van der Waals surface area contributed by atoms with Crippen LogP contribution in [0.1, 0.15) is 10.4 Å². The van der Waals surface area contributed by atoms with Crippen molar-refractivity contribution in [3.63, 3.8) is 0 Å². The Morgan fingerprint density at radius 2 is 1.81 bits per heavy atom. The van der Waals surface area contributed by atoms with Gasteiger partial charge in [0.15, 0.2) is 4.21 Å². The summed E-state index contributed by atoms with van der Waals surface area (Å²) in [4.78, 5) is 15.2. The Morgan fingerprint density at radius 3 is 2.46 bits per heavy atom. The van der Waals surface area contributed by atoms with Crippen LogP contribution >= 0.6 is 11.3 Å².